The van der Waals surface area contributed by atoms with Crippen molar-refractivity contribution in [3.63, 3.8) is 0 Å². The second kappa shape index (κ2) is 10.9. The third kappa shape index (κ3) is 5.26. The minimum atomic E-state index is -0.981. The van der Waals surface area contributed by atoms with Crippen LogP contribution in [0.3, 0.4) is 0 Å². The maximum absolute atomic E-state index is 13.2. The van der Waals surface area contributed by atoms with Crippen LogP contribution in [-0.2, 0) is 16.0 Å². The molecule has 3 rings (SSSR count). The summed E-state index contributed by atoms with van der Waals surface area (Å²) in [6, 6.07) is 12.2. The van der Waals surface area contributed by atoms with Gasteiger partial charge in [-0.1, -0.05) is 50.2 Å². The van der Waals surface area contributed by atoms with Crippen molar-refractivity contribution < 1.29 is 24.7 Å². The van der Waals surface area contributed by atoms with Crippen molar-refractivity contribution in [2.45, 2.75) is 32.7 Å². The molecule has 1 aliphatic rings. The average Bonchev–Trinajstić information content (AvgIpc) is 3.09. The van der Waals surface area contributed by atoms with E-state index in [1.165, 1.54) is 17.0 Å². The molecule has 1 aliphatic heterocycles. The molecule has 0 aliphatic carbocycles. The van der Waals surface area contributed by atoms with Gasteiger partial charge in [-0.15, -0.1) is 0 Å². The van der Waals surface area contributed by atoms with Crippen LogP contribution < -0.4 is 0 Å². The van der Waals surface area contributed by atoms with E-state index in [-0.39, 0.29) is 24.1 Å². The van der Waals surface area contributed by atoms with Crippen LogP contribution in [0.15, 0.2) is 59.9 Å². The molecule has 180 valence electrons. The number of carbonyl (C=O) groups is 2. The van der Waals surface area contributed by atoms with Gasteiger partial charge in [0.25, 0.3) is 5.91 Å². The fraction of sp³-hybridized carbons (Fsp3) is 0.360. The second-order valence-electron chi connectivity index (χ2n) is 8.10. The molecular weight excluding hydrogens is 438 g/mol. The predicted octanol–water partition coefficient (Wildman–Crippen LogP) is 3.54. The Bertz CT molecular complexity index is 1100. The number of hydrogen-bond donors (Lipinski definition) is 2. The lowest BCUT2D eigenvalue weighted by molar-refractivity contribution is -0.385. The van der Waals surface area contributed by atoms with E-state index in [1.807, 2.05) is 44.2 Å². The fourth-order valence-corrected chi connectivity index (χ4v) is 4.20. The van der Waals surface area contributed by atoms with Gasteiger partial charge in [0, 0.05) is 25.6 Å². The minimum absolute atomic E-state index is 0.0667. The van der Waals surface area contributed by atoms with E-state index in [0.717, 1.165) is 24.7 Å². The molecule has 2 aromatic carbocycles. The molecule has 0 saturated carbocycles. The van der Waals surface area contributed by atoms with E-state index in [0.29, 0.717) is 13.0 Å². The topological polar surface area (TPSA) is 124 Å². The quantitative estimate of drug-likeness (QED) is 0.383. The third-order valence-corrected chi connectivity index (χ3v) is 6.15. The lowest BCUT2D eigenvalue weighted by Crippen LogP contribution is -2.38. The van der Waals surface area contributed by atoms with Crippen molar-refractivity contribution in [2.75, 3.05) is 26.2 Å². The first-order chi connectivity index (χ1) is 16.3. The molecule has 2 aromatic rings. The standard InChI is InChI=1S/C25H29N3O6/c1-3-26(4-2)14-15-27-23(18-11-13-20(29)19(16-18)28(33)34)22(24(31)25(27)32)21(30)12-10-17-8-6-5-7-9-17/h5-9,11,13,16,23,29,31H,3-4,10,12,14-15H2,1-2H3. The SMILES string of the molecule is CCN(CC)CCN1C(=O)C(O)=C(C(=O)CCc2ccccc2)C1c1ccc(O)c([N+](=O)[O-])c1. The zero-order valence-electron chi connectivity index (χ0n) is 19.3. The highest BCUT2D eigenvalue weighted by Crippen LogP contribution is 2.40. The number of aromatic hydroxyl groups is 1. The van der Waals surface area contributed by atoms with Gasteiger partial charge in [0.05, 0.1) is 16.5 Å². The van der Waals surface area contributed by atoms with Crippen LogP contribution >= 0.6 is 0 Å². The van der Waals surface area contributed by atoms with Gasteiger partial charge >= 0.3 is 5.69 Å². The van der Waals surface area contributed by atoms with E-state index in [1.54, 1.807) is 0 Å². The summed E-state index contributed by atoms with van der Waals surface area (Å²) < 4.78 is 0. The van der Waals surface area contributed by atoms with Crippen molar-refractivity contribution in [3.05, 3.63) is 81.1 Å². The molecule has 0 saturated heterocycles. The van der Waals surface area contributed by atoms with Gasteiger partial charge in [-0.25, -0.2) is 0 Å². The van der Waals surface area contributed by atoms with Crippen LogP contribution in [0.2, 0.25) is 0 Å². The molecule has 9 nitrogen and oxygen atoms in total. The van der Waals surface area contributed by atoms with Gasteiger partial charge < -0.3 is 20.0 Å². The number of benzene rings is 2. The lowest BCUT2D eigenvalue weighted by Gasteiger charge is -2.29. The minimum Gasteiger partial charge on any atom is -0.503 e. The first-order valence-corrected chi connectivity index (χ1v) is 11.3. The van der Waals surface area contributed by atoms with Gasteiger partial charge in [0.1, 0.15) is 0 Å². The molecule has 0 bridgehead atoms. The molecule has 1 amide bonds. The number of nitrogens with zero attached hydrogens (tertiary/aromatic N) is 3. The molecule has 34 heavy (non-hydrogen) atoms. The summed E-state index contributed by atoms with van der Waals surface area (Å²) in [5.74, 6) is -2.23. The van der Waals surface area contributed by atoms with Crippen molar-refractivity contribution in [1.82, 2.24) is 9.80 Å². The predicted molar refractivity (Wildman–Crippen MR) is 126 cm³/mol. The van der Waals surface area contributed by atoms with Gasteiger partial charge in [-0.3, -0.25) is 19.7 Å². The number of carbonyl (C=O) groups excluding carboxylic acids is 2. The Hall–Kier alpha value is -3.72. The number of phenols is 1. The number of nitro benzene ring substituents is 1. The Kier molecular flexibility index (Phi) is 8.01. The molecule has 1 atom stereocenters. The number of aryl methyl sites for hydroxylation is 1. The van der Waals surface area contributed by atoms with Crippen LogP contribution in [0.25, 0.3) is 0 Å². The summed E-state index contributed by atoms with van der Waals surface area (Å²) in [5.41, 5.74) is 0.622. The maximum atomic E-state index is 13.2. The number of phenolic OH excluding ortho intramolecular Hbond substituents is 1. The van der Waals surface area contributed by atoms with E-state index >= 15 is 0 Å². The first kappa shape index (κ1) is 24.9. The highest BCUT2D eigenvalue weighted by atomic mass is 16.6. The van der Waals surface area contributed by atoms with Gasteiger partial charge in [0.15, 0.2) is 17.3 Å². The van der Waals surface area contributed by atoms with E-state index in [2.05, 4.69) is 4.90 Å². The fourth-order valence-electron chi connectivity index (χ4n) is 4.20. The highest BCUT2D eigenvalue weighted by Gasteiger charge is 2.43. The van der Waals surface area contributed by atoms with Crippen LogP contribution in [-0.4, -0.2) is 62.8 Å². The number of ketones is 1. The number of aliphatic hydroxyl groups is 1. The third-order valence-electron chi connectivity index (χ3n) is 6.15. The summed E-state index contributed by atoms with van der Waals surface area (Å²) in [5, 5.41) is 32.0. The summed E-state index contributed by atoms with van der Waals surface area (Å²) in [7, 11) is 0. The van der Waals surface area contributed by atoms with Crippen LogP contribution in [0.4, 0.5) is 5.69 Å². The molecular formula is C25H29N3O6. The Morgan fingerprint density at radius 1 is 1.12 bits per heavy atom. The van der Waals surface area contributed by atoms with Gasteiger partial charge in [-0.2, -0.15) is 0 Å². The maximum Gasteiger partial charge on any atom is 0.311 e. The Morgan fingerprint density at radius 3 is 2.41 bits per heavy atom. The highest BCUT2D eigenvalue weighted by molar-refractivity contribution is 6.09. The summed E-state index contributed by atoms with van der Waals surface area (Å²) in [4.78, 5) is 40.4. The Labute approximate surface area is 198 Å². The number of aliphatic hydroxyl groups excluding tert-OH is 1. The van der Waals surface area contributed by atoms with Crippen LogP contribution in [0.1, 0.15) is 37.4 Å². The zero-order valence-corrected chi connectivity index (χ0v) is 19.3. The lowest BCUT2D eigenvalue weighted by atomic mass is 9.93. The molecule has 0 spiro atoms. The van der Waals surface area contributed by atoms with Gasteiger partial charge in [0.2, 0.25) is 0 Å². The number of nitro groups is 1. The summed E-state index contributed by atoms with van der Waals surface area (Å²) in [6.45, 7) is 6.23. The van der Waals surface area contributed by atoms with Crippen LogP contribution in [0, 0.1) is 10.1 Å². The molecule has 0 fully saturated rings. The molecule has 9 heteroatoms. The smallest absolute Gasteiger partial charge is 0.311 e. The normalized spacial score (nSPS) is 15.9. The number of Topliss-reactive ketones (excluding diaryl/α,β-unsaturated/α-hetero) is 1. The van der Waals surface area contributed by atoms with Crippen molar-refractivity contribution in [2.24, 2.45) is 0 Å². The van der Waals surface area contributed by atoms with E-state index < -0.39 is 39.9 Å². The van der Waals surface area contributed by atoms with Crippen molar-refractivity contribution >= 4 is 17.4 Å². The Balaban J connectivity index is 1.97. The molecule has 1 heterocycles. The average molecular weight is 468 g/mol. The summed E-state index contributed by atoms with van der Waals surface area (Å²) in [6.07, 6.45) is 0.490. The number of amides is 1. The van der Waals surface area contributed by atoms with Crippen molar-refractivity contribution in [1.29, 1.82) is 0 Å². The first-order valence-electron chi connectivity index (χ1n) is 11.3. The van der Waals surface area contributed by atoms with Gasteiger partial charge in [-0.05, 0) is 36.7 Å². The number of hydrogen-bond acceptors (Lipinski definition) is 7. The van der Waals surface area contributed by atoms with E-state index in [9.17, 15) is 29.9 Å². The number of likely N-dealkylation sites (N-methyl/N-ethyl adjacent to an activating group) is 1. The zero-order chi connectivity index (χ0) is 24.8. The second-order valence-corrected chi connectivity index (χ2v) is 8.10. The van der Waals surface area contributed by atoms with Crippen LogP contribution in [0.5, 0.6) is 5.75 Å². The monoisotopic (exact) mass is 467 g/mol. The van der Waals surface area contributed by atoms with E-state index in [4.69, 9.17) is 0 Å². The molecule has 0 radical (unpaired) electrons. The number of rotatable bonds is 11. The summed E-state index contributed by atoms with van der Waals surface area (Å²) >= 11 is 0. The van der Waals surface area contributed by atoms with Crippen molar-refractivity contribution in [3.8, 4) is 5.75 Å². The molecule has 2 N–H and O–H groups in total. The largest absolute Gasteiger partial charge is 0.503 e. The molecule has 1 unspecified atom stereocenters. The Morgan fingerprint density at radius 2 is 1.79 bits per heavy atom. The molecule has 0 aromatic heterocycles.